The number of aromatic nitrogens is 1. The predicted molar refractivity (Wildman–Crippen MR) is 50.8 cm³/mol. The molecule has 66 valence electrons. The molecule has 0 radical (unpaired) electrons. The van der Waals surface area contributed by atoms with E-state index in [1.807, 2.05) is 18.3 Å². The van der Waals surface area contributed by atoms with Crippen molar-refractivity contribution in [3.05, 3.63) is 30.1 Å². The molecule has 0 aliphatic rings. The van der Waals surface area contributed by atoms with Crippen molar-refractivity contribution in [3.63, 3.8) is 0 Å². The summed E-state index contributed by atoms with van der Waals surface area (Å²) < 4.78 is 2.10. The fourth-order valence-electron chi connectivity index (χ4n) is 1.01. The van der Waals surface area contributed by atoms with Crippen LogP contribution in [-0.2, 0) is 6.54 Å². The SMILES string of the molecule is CCn1ccc(/C=C/C(C)O)c1. The van der Waals surface area contributed by atoms with Gasteiger partial charge in [-0.25, -0.2) is 0 Å². The summed E-state index contributed by atoms with van der Waals surface area (Å²) in [7, 11) is 0. The Labute approximate surface area is 73.1 Å². The van der Waals surface area contributed by atoms with Crippen molar-refractivity contribution in [3.8, 4) is 0 Å². The Hall–Kier alpha value is -1.02. The second kappa shape index (κ2) is 4.12. The highest BCUT2D eigenvalue weighted by Crippen LogP contribution is 2.04. The molecule has 12 heavy (non-hydrogen) atoms. The third kappa shape index (κ3) is 2.55. The van der Waals surface area contributed by atoms with Gasteiger partial charge in [0.2, 0.25) is 0 Å². The van der Waals surface area contributed by atoms with Gasteiger partial charge in [0, 0.05) is 18.9 Å². The van der Waals surface area contributed by atoms with Crippen LogP contribution >= 0.6 is 0 Å². The molecule has 1 N–H and O–H groups in total. The van der Waals surface area contributed by atoms with Crippen molar-refractivity contribution < 1.29 is 5.11 Å². The third-order valence-corrected chi connectivity index (χ3v) is 1.71. The zero-order valence-corrected chi connectivity index (χ0v) is 7.57. The van der Waals surface area contributed by atoms with Crippen LogP contribution in [0.25, 0.3) is 6.08 Å². The zero-order chi connectivity index (χ0) is 8.97. The summed E-state index contributed by atoms with van der Waals surface area (Å²) in [5.41, 5.74) is 1.14. The minimum absolute atomic E-state index is 0.366. The van der Waals surface area contributed by atoms with Gasteiger partial charge in [-0.05, 0) is 25.5 Å². The van der Waals surface area contributed by atoms with Crippen molar-refractivity contribution >= 4 is 6.08 Å². The highest BCUT2D eigenvalue weighted by Gasteiger charge is 1.91. The van der Waals surface area contributed by atoms with Crippen molar-refractivity contribution in [2.75, 3.05) is 0 Å². The quantitative estimate of drug-likeness (QED) is 0.727. The standard InChI is InChI=1S/C10H15NO/c1-3-11-7-6-10(8-11)5-4-9(2)12/h4-9,12H,3H2,1-2H3/b5-4+. The van der Waals surface area contributed by atoms with Crippen LogP contribution in [0.5, 0.6) is 0 Å². The number of rotatable bonds is 3. The van der Waals surface area contributed by atoms with E-state index < -0.39 is 0 Å². The Morgan fingerprint density at radius 2 is 2.42 bits per heavy atom. The van der Waals surface area contributed by atoms with E-state index >= 15 is 0 Å². The molecule has 0 saturated heterocycles. The van der Waals surface area contributed by atoms with Gasteiger partial charge < -0.3 is 9.67 Å². The first-order valence-electron chi connectivity index (χ1n) is 4.24. The minimum Gasteiger partial charge on any atom is -0.389 e. The number of hydrogen-bond acceptors (Lipinski definition) is 1. The molecule has 1 unspecified atom stereocenters. The Balaban J connectivity index is 2.63. The Kier molecular flexibility index (Phi) is 3.11. The van der Waals surface area contributed by atoms with Crippen LogP contribution in [0.2, 0.25) is 0 Å². The first kappa shape index (κ1) is 9.07. The molecule has 0 spiro atoms. The first-order chi connectivity index (χ1) is 5.72. The van der Waals surface area contributed by atoms with Crippen LogP contribution in [-0.4, -0.2) is 15.8 Å². The predicted octanol–water partition coefficient (Wildman–Crippen LogP) is 1.90. The third-order valence-electron chi connectivity index (χ3n) is 1.71. The number of nitrogens with zero attached hydrogens (tertiary/aromatic N) is 1. The van der Waals surface area contributed by atoms with Crippen LogP contribution in [0, 0.1) is 0 Å². The Morgan fingerprint density at radius 1 is 1.67 bits per heavy atom. The molecule has 0 saturated carbocycles. The van der Waals surface area contributed by atoms with Gasteiger partial charge in [0.05, 0.1) is 6.10 Å². The average molecular weight is 165 g/mol. The van der Waals surface area contributed by atoms with Gasteiger partial charge in [0.15, 0.2) is 0 Å². The maximum Gasteiger partial charge on any atom is 0.0696 e. The summed E-state index contributed by atoms with van der Waals surface area (Å²) >= 11 is 0. The summed E-state index contributed by atoms with van der Waals surface area (Å²) in [5, 5.41) is 8.98. The van der Waals surface area contributed by atoms with Crippen LogP contribution in [0.15, 0.2) is 24.5 Å². The second-order valence-corrected chi connectivity index (χ2v) is 2.88. The van der Waals surface area contributed by atoms with E-state index in [0.717, 1.165) is 12.1 Å². The summed E-state index contributed by atoms with van der Waals surface area (Å²) in [6, 6.07) is 2.03. The van der Waals surface area contributed by atoms with E-state index in [0.29, 0.717) is 0 Å². The lowest BCUT2D eigenvalue weighted by Crippen LogP contribution is -1.91. The maximum atomic E-state index is 8.98. The second-order valence-electron chi connectivity index (χ2n) is 2.88. The van der Waals surface area contributed by atoms with Gasteiger partial charge in [-0.2, -0.15) is 0 Å². The number of aliphatic hydroxyl groups excluding tert-OH is 1. The van der Waals surface area contributed by atoms with Gasteiger partial charge in [0.25, 0.3) is 0 Å². The van der Waals surface area contributed by atoms with E-state index in [-0.39, 0.29) is 6.10 Å². The lowest BCUT2D eigenvalue weighted by molar-refractivity contribution is 0.245. The molecule has 2 nitrogen and oxygen atoms in total. The van der Waals surface area contributed by atoms with Gasteiger partial charge in [-0.3, -0.25) is 0 Å². The van der Waals surface area contributed by atoms with Crippen molar-refractivity contribution in [1.29, 1.82) is 0 Å². The molecule has 0 aromatic carbocycles. The van der Waals surface area contributed by atoms with Gasteiger partial charge in [0.1, 0.15) is 0 Å². The van der Waals surface area contributed by atoms with E-state index in [9.17, 15) is 0 Å². The van der Waals surface area contributed by atoms with Crippen molar-refractivity contribution in [2.45, 2.75) is 26.5 Å². The van der Waals surface area contributed by atoms with Crippen LogP contribution in [0.4, 0.5) is 0 Å². The lowest BCUT2D eigenvalue weighted by atomic mass is 10.2. The normalized spacial score (nSPS) is 13.9. The molecule has 0 aliphatic heterocycles. The molecule has 0 bridgehead atoms. The van der Waals surface area contributed by atoms with Crippen molar-refractivity contribution in [2.24, 2.45) is 0 Å². The first-order valence-corrected chi connectivity index (χ1v) is 4.24. The van der Waals surface area contributed by atoms with Crippen LogP contribution in [0.1, 0.15) is 19.4 Å². The maximum absolute atomic E-state index is 8.98. The minimum atomic E-state index is -0.366. The van der Waals surface area contributed by atoms with E-state index in [1.165, 1.54) is 0 Å². The molecular formula is C10H15NO. The Bertz CT molecular complexity index is 261. The van der Waals surface area contributed by atoms with Crippen molar-refractivity contribution in [1.82, 2.24) is 4.57 Å². The van der Waals surface area contributed by atoms with Crippen LogP contribution in [0.3, 0.4) is 0 Å². The number of aryl methyl sites for hydroxylation is 1. The van der Waals surface area contributed by atoms with E-state index in [2.05, 4.69) is 17.7 Å². The molecular weight excluding hydrogens is 150 g/mol. The van der Waals surface area contributed by atoms with Gasteiger partial charge in [-0.1, -0.05) is 12.2 Å². The molecule has 0 fully saturated rings. The molecule has 1 aromatic rings. The van der Waals surface area contributed by atoms with Gasteiger partial charge in [-0.15, -0.1) is 0 Å². The molecule has 0 amide bonds. The summed E-state index contributed by atoms with van der Waals surface area (Å²) in [5.74, 6) is 0. The number of hydrogen-bond donors (Lipinski definition) is 1. The van der Waals surface area contributed by atoms with E-state index in [4.69, 9.17) is 5.11 Å². The molecule has 1 heterocycles. The highest BCUT2D eigenvalue weighted by atomic mass is 16.3. The summed E-state index contributed by atoms with van der Waals surface area (Å²) in [6.45, 7) is 4.83. The summed E-state index contributed by atoms with van der Waals surface area (Å²) in [4.78, 5) is 0. The lowest BCUT2D eigenvalue weighted by Gasteiger charge is -1.93. The van der Waals surface area contributed by atoms with E-state index in [1.54, 1.807) is 13.0 Å². The highest BCUT2D eigenvalue weighted by molar-refractivity contribution is 5.48. The largest absolute Gasteiger partial charge is 0.389 e. The molecule has 0 aliphatic carbocycles. The fraction of sp³-hybridized carbons (Fsp3) is 0.400. The fourth-order valence-corrected chi connectivity index (χ4v) is 1.01. The van der Waals surface area contributed by atoms with Crippen LogP contribution < -0.4 is 0 Å². The Morgan fingerprint density at radius 3 is 2.92 bits per heavy atom. The monoisotopic (exact) mass is 165 g/mol. The number of aliphatic hydroxyl groups is 1. The average Bonchev–Trinajstić information content (AvgIpc) is 2.48. The smallest absolute Gasteiger partial charge is 0.0696 e. The zero-order valence-electron chi connectivity index (χ0n) is 7.57. The molecule has 1 atom stereocenters. The molecule has 1 aromatic heterocycles. The molecule has 2 heteroatoms. The van der Waals surface area contributed by atoms with Gasteiger partial charge >= 0.3 is 0 Å². The summed E-state index contributed by atoms with van der Waals surface area (Å²) in [6.07, 6.45) is 7.42. The molecule has 1 rings (SSSR count). The topological polar surface area (TPSA) is 25.2 Å².